The first-order valence-electron chi connectivity index (χ1n) is 6.76. The number of ether oxygens (including phenoxy) is 1. The van der Waals surface area contributed by atoms with Crippen LogP contribution in [-0.2, 0) is 9.53 Å². The lowest BCUT2D eigenvalue weighted by Gasteiger charge is -2.26. The monoisotopic (exact) mass is 282 g/mol. The van der Waals surface area contributed by atoms with Crippen LogP contribution < -0.4 is 5.32 Å². The van der Waals surface area contributed by atoms with Crippen LogP contribution in [0, 0.1) is 5.92 Å². The number of rotatable bonds is 6. The fourth-order valence-electron chi connectivity index (χ4n) is 2.52. The molecule has 0 radical (unpaired) electrons. The van der Waals surface area contributed by atoms with Crippen molar-refractivity contribution in [3.63, 3.8) is 0 Å². The number of thiophene rings is 1. The molecule has 1 saturated heterocycles. The Hall–Kier alpha value is -0.910. The van der Waals surface area contributed by atoms with E-state index in [0.717, 1.165) is 13.0 Å². The third kappa shape index (κ3) is 3.16. The van der Waals surface area contributed by atoms with Crippen LogP contribution in [0.5, 0.6) is 0 Å². The Labute approximate surface area is 118 Å². The number of hydrogen-bond donors (Lipinski definition) is 1. The van der Waals surface area contributed by atoms with Gasteiger partial charge in [0.15, 0.2) is 0 Å². The highest BCUT2D eigenvalue weighted by molar-refractivity contribution is 7.10. The zero-order chi connectivity index (χ0) is 13.8. The molecule has 19 heavy (non-hydrogen) atoms. The van der Waals surface area contributed by atoms with E-state index >= 15 is 0 Å². The molecule has 2 heterocycles. The van der Waals surface area contributed by atoms with Crippen molar-refractivity contribution in [2.75, 3.05) is 20.3 Å². The van der Waals surface area contributed by atoms with Gasteiger partial charge in [0.25, 0.3) is 0 Å². The van der Waals surface area contributed by atoms with E-state index in [1.54, 1.807) is 18.4 Å². The molecule has 1 fully saturated rings. The second-order valence-electron chi connectivity index (χ2n) is 5.10. The van der Waals surface area contributed by atoms with E-state index in [1.165, 1.54) is 4.88 Å². The van der Waals surface area contributed by atoms with E-state index in [0.29, 0.717) is 12.5 Å². The fourth-order valence-corrected chi connectivity index (χ4v) is 3.32. The summed E-state index contributed by atoms with van der Waals surface area (Å²) >= 11 is 1.69. The summed E-state index contributed by atoms with van der Waals surface area (Å²) in [5, 5.41) is 5.49. The molecule has 0 aromatic carbocycles. The average molecular weight is 282 g/mol. The average Bonchev–Trinajstić information content (AvgIpc) is 2.99. The highest BCUT2D eigenvalue weighted by Crippen LogP contribution is 2.30. The smallest absolute Gasteiger partial charge is 0.241 e. The topological polar surface area (TPSA) is 41.6 Å². The molecule has 0 spiro atoms. The first-order chi connectivity index (χ1) is 9.17. The first-order valence-corrected chi connectivity index (χ1v) is 7.64. The summed E-state index contributed by atoms with van der Waals surface area (Å²) < 4.78 is 5.17. The number of nitrogens with zero attached hydrogens (tertiary/aromatic N) is 1. The molecule has 0 aliphatic carbocycles. The minimum absolute atomic E-state index is 0.0248. The Balaban J connectivity index is 2.13. The second kappa shape index (κ2) is 6.50. The van der Waals surface area contributed by atoms with Gasteiger partial charge in [-0.1, -0.05) is 19.9 Å². The van der Waals surface area contributed by atoms with E-state index in [9.17, 15) is 4.79 Å². The minimum Gasteiger partial charge on any atom is -0.384 e. The van der Waals surface area contributed by atoms with Gasteiger partial charge in [0.1, 0.15) is 6.17 Å². The highest BCUT2D eigenvalue weighted by Gasteiger charge is 2.39. The number of nitrogens with one attached hydrogen (secondary N) is 1. The van der Waals surface area contributed by atoms with Crippen molar-refractivity contribution in [3.8, 4) is 0 Å². The Morgan fingerprint density at radius 1 is 1.58 bits per heavy atom. The molecule has 3 atom stereocenters. The third-order valence-corrected chi connectivity index (χ3v) is 4.36. The Kier molecular flexibility index (Phi) is 4.96. The van der Waals surface area contributed by atoms with Gasteiger partial charge in [0, 0.05) is 18.5 Å². The quantitative estimate of drug-likeness (QED) is 0.870. The van der Waals surface area contributed by atoms with E-state index in [2.05, 4.69) is 23.7 Å². The summed E-state index contributed by atoms with van der Waals surface area (Å²) in [5.41, 5.74) is 0. The van der Waals surface area contributed by atoms with Crippen molar-refractivity contribution in [1.29, 1.82) is 0 Å². The molecule has 1 aliphatic heterocycles. The van der Waals surface area contributed by atoms with E-state index in [1.807, 2.05) is 17.9 Å². The van der Waals surface area contributed by atoms with Crippen molar-refractivity contribution in [3.05, 3.63) is 22.4 Å². The predicted octanol–water partition coefficient (Wildman–Crippen LogP) is 2.24. The summed E-state index contributed by atoms with van der Waals surface area (Å²) in [6.45, 7) is 5.57. The lowest BCUT2D eigenvalue weighted by molar-refractivity contribution is -0.130. The third-order valence-electron chi connectivity index (χ3n) is 3.43. The normalized spacial score (nSPS) is 25.0. The fraction of sp³-hybridized carbons (Fsp3) is 0.643. The van der Waals surface area contributed by atoms with Crippen LogP contribution in [0.25, 0.3) is 0 Å². The molecule has 0 bridgehead atoms. The molecule has 1 amide bonds. The SMILES string of the molecule is CCC1NC(c2cccs2)N(CC(C)COC)C1=O. The number of carbonyl (C=O) groups is 1. The van der Waals surface area contributed by atoms with Gasteiger partial charge < -0.3 is 9.64 Å². The van der Waals surface area contributed by atoms with Gasteiger partial charge in [-0.15, -0.1) is 11.3 Å². The van der Waals surface area contributed by atoms with Crippen LogP contribution in [0.2, 0.25) is 0 Å². The zero-order valence-electron chi connectivity index (χ0n) is 11.8. The van der Waals surface area contributed by atoms with Gasteiger partial charge in [0.05, 0.1) is 12.6 Å². The van der Waals surface area contributed by atoms with Crippen molar-refractivity contribution in [1.82, 2.24) is 10.2 Å². The molecule has 3 unspecified atom stereocenters. The van der Waals surface area contributed by atoms with Crippen LogP contribution in [-0.4, -0.2) is 37.1 Å². The van der Waals surface area contributed by atoms with Crippen LogP contribution in [0.3, 0.4) is 0 Å². The molecule has 1 aromatic rings. The maximum Gasteiger partial charge on any atom is 0.241 e. The molecule has 5 heteroatoms. The summed E-state index contributed by atoms with van der Waals surface area (Å²) in [5.74, 6) is 0.553. The molecule has 1 aromatic heterocycles. The maximum atomic E-state index is 12.4. The summed E-state index contributed by atoms with van der Waals surface area (Å²) in [6, 6.07) is 4.06. The predicted molar refractivity (Wildman–Crippen MR) is 77.0 cm³/mol. The maximum absolute atomic E-state index is 12.4. The lowest BCUT2D eigenvalue weighted by Crippen LogP contribution is -2.35. The van der Waals surface area contributed by atoms with E-state index in [4.69, 9.17) is 4.74 Å². The standard InChI is InChI=1S/C14H22N2O2S/c1-4-11-14(17)16(8-10(2)9-18-3)13(15-11)12-6-5-7-19-12/h5-7,10-11,13,15H,4,8-9H2,1-3H3. The van der Waals surface area contributed by atoms with Gasteiger partial charge in [-0.25, -0.2) is 0 Å². The zero-order valence-corrected chi connectivity index (χ0v) is 12.6. The van der Waals surface area contributed by atoms with Gasteiger partial charge in [-0.2, -0.15) is 0 Å². The first kappa shape index (κ1) is 14.5. The Bertz CT molecular complexity index is 408. The number of amides is 1. The molecule has 1 aliphatic rings. The van der Waals surface area contributed by atoms with E-state index in [-0.39, 0.29) is 18.1 Å². The van der Waals surface area contributed by atoms with Crippen molar-refractivity contribution < 1.29 is 9.53 Å². The number of methoxy groups -OCH3 is 1. The Morgan fingerprint density at radius 3 is 2.95 bits per heavy atom. The number of carbonyl (C=O) groups excluding carboxylic acids is 1. The van der Waals surface area contributed by atoms with Gasteiger partial charge in [-0.3, -0.25) is 10.1 Å². The van der Waals surface area contributed by atoms with Crippen molar-refractivity contribution in [2.45, 2.75) is 32.5 Å². The Morgan fingerprint density at radius 2 is 2.37 bits per heavy atom. The second-order valence-corrected chi connectivity index (χ2v) is 6.08. The van der Waals surface area contributed by atoms with Crippen molar-refractivity contribution in [2.24, 2.45) is 5.92 Å². The van der Waals surface area contributed by atoms with Crippen LogP contribution >= 0.6 is 11.3 Å². The molecular formula is C14H22N2O2S. The molecule has 4 nitrogen and oxygen atoms in total. The van der Waals surface area contributed by atoms with Crippen LogP contribution in [0.15, 0.2) is 17.5 Å². The largest absolute Gasteiger partial charge is 0.384 e. The number of hydrogen-bond acceptors (Lipinski definition) is 4. The van der Waals surface area contributed by atoms with Crippen molar-refractivity contribution >= 4 is 17.2 Å². The van der Waals surface area contributed by atoms with Gasteiger partial charge in [-0.05, 0) is 23.8 Å². The molecule has 106 valence electrons. The summed E-state index contributed by atoms with van der Waals surface area (Å²) in [4.78, 5) is 15.6. The van der Waals surface area contributed by atoms with E-state index < -0.39 is 0 Å². The summed E-state index contributed by atoms with van der Waals surface area (Å²) in [7, 11) is 1.70. The van der Waals surface area contributed by atoms with Crippen LogP contribution in [0.1, 0.15) is 31.3 Å². The minimum atomic E-state index is -0.0538. The molecule has 0 saturated carbocycles. The van der Waals surface area contributed by atoms with Crippen LogP contribution in [0.4, 0.5) is 0 Å². The van der Waals surface area contributed by atoms with Gasteiger partial charge >= 0.3 is 0 Å². The lowest BCUT2D eigenvalue weighted by atomic mass is 10.1. The molecule has 1 N–H and O–H groups in total. The molecule has 2 rings (SSSR count). The summed E-state index contributed by atoms with van der Waals surface area (Å²) in [6.07, 6.45) is 0.854. The molecular weight excluding hydrogens is 260 g/mol. The van der Waals surface area contributed by atoms with Gasteiger partial charge in [0.2, 0.25) is 5.91 Å². The highest BCUT2D eigenvalue weighted by atomic mass is 32.1.